The van der Waals surface area contributed by atoms with E-state index in [1.54, 1.807) is 0 Å². The van der Waals surface area contributed by atoms with E-state index in [1.807, 2.05) is 0 Å². The molecule has 0 amide bonds. The molecule has 4 heteroatoms. The second-order valence-electron chi connectivity index (χ2n) is 9.16. The van der Waals surface area contributed by atoms with Crippen molar-refractivity contribution in [2.24, 2.45) is 5.92 Å². The Kier molecular flexibility index (Phi) is 8.19. The summed E-state index contributed by atoms with van der Waals surface area (Å²) in [6.07, 6.45) is 5.36. The van der Waals surface area contributed by atoms with Crippen molar-refractivity contribution in [2.75, 3.05) is 51.3 Å². The SMILES string of the molecule is CCN1CCN(c2ccc(CN(C)[C@H]3C[C@H](OCCCC(C)C)C3)cc2)CC1. The summed E-state index contributed by atoms with van der Waals surface area (Å²) >= 11 is 0. The molecular weight excluding hydrogens is 346 g/mol. The van der Waals surface area contributed by atoms with E-state index in [0.29, 0.717) is 12.1 Å². The monoisotopic (exact) mass is 387 g/mol. The quantitative estimate of drug-likeness (QED) is 0.559. The van der Waals surface area contributed by atoms with E-state index in [0.717, 1.165) is 32.2 Å². The lowest BCUT2D eigenvalue weighted by atomic mass is 9.88. The molecule has 0 bridgehead atoms. The van der Waals surface area contributed by atoms with Gasteiger partial charge in [-0.3, -0.25) is 4.90 Å². The van der Waals surface area contributed by atoms with Gasteiger partial charge in [0.25, 0.3) is 0 Å². The van der Waals surface area contributed by atoms with Crippen molar-refractivity contribution in [3.63, 3.8) is 0 Å². The number of likely N-dealkylation sites (N-methyl/N-ethyl adjacent to an activating group) is 1. The number of hydrogen-bond acceptors (Lipinski definition) is 4. The molecule has 4 nitrogen and oxygen atoms in total. The maximum Gasteiger partial charge on any atom is 0.0605 e. The molecule has 0 atom stereocenters. The first-order valence-electron chi connectivity index (χ1n) is 11.4. The third-order valence-corrected chi connectivity index (χ3v) is 6.53. The molecule has 1 aromatic rings. The number of benzene rings is 1. The number of ether oxygens (including phenoxy) is 1. The van der Waals surface area contributed by atoms with Gasteiger partial charge >= 0.3 is 0 Å². The van der Waals surface area contributed by atoms with Crippen molar-refractivity contribution in [3.8, 4) is 0 Å². The van der Waals surface area contributed by atoms with E-state index in [-0.39, 0.29) is 0 Å². The molecule has 1 saturated carbocycles. The summed E-state index contributed by atoms with van der Waals surface area (Å²) in [7, 11) is 2.26. The van der Waals surface area contributed by atoms with Crippen LogP contribution in [0.15, 0.2) is 24.3 Å². The molecule has 0 N–H and O–H groups in total. The highest BCUT2D eigenvalue weighted by molar-refractivity contribution is 5.48. The molecule has 0 unspecified atom stereocenters. The first-order chi connectivity index (χ1) is 13.5. The van der Waals surface area contributed by atoms with Gasteiger partial charge < -0.3 is 14.5 Å². The smallest absolute Gasteiger partial charge is 0.0605 e. The molecule has 1 aromatic carbocycles. The Hall–Kier alpha value is -1.10. The van der Waals surface area contributed by atoms with Gasteiger partial charge in [0.2, 0.25) is 0 Å². The summed E-state index contributed by atoms with van der Waals surface area (Å²) in [6, 6.07) is 9.93. The topological polar surface area (TPSA) is 19.0 Å². The first kappa shape index (κ1) is 21.6. The van der Waals surface area contributed by atoms with Crippen LogP contribution in [-0.4, -0.2) is 68.3 Å². The van der Waals surface area contributed by atoms with Crippen LogP contribution < -0.4 is 4.90 Å². The van der Waals surface area contributed by atoms with Gasteiger partial charge in [0.05, 0.1) is 6.10 Å². The summed E-state index contributed by atoms with van der Waals surface area (Å²) in [5.74, 6) is 0.788. The van der Waals surface area contributed by atoms with Gasteiger partial charge in [0.1, 0.15) is 0 Å². The minimum atomic E-state index is 0.490. The summed E-state index contributed by atoms with van der Waals surface area (Å²) in [5, 5.41) is 0. The van der Waals surface area contributed by atoms with Gasteiger partial charge in [0.15, 0.2) is 0 Å². The predicted molar refractivity (Wildman–Crippen MR) is 119 cm³/mol. The van der Waals surface area contributed by atoms with Crippen LogP contribution in [0.3, 0.4) is 0 Å². The van der Waals surface area contributed by atoms with Crippen molar-refractivity contribution in [1.82, 2.24) is 9.80 Å². The van der Waals surface area contributed by atoms with Crippen molar-refractivity contribution in [2.45, 2.75) is 65.1 Å². The van der Waals surface area contributed by atoms with Gasteiger partial charge in [-0.25, -0.2) is 0 Å². The Labute approximate surface area is 172 Å². The minimum absolute atomic E-state index is 0.490. The lowest BCUT2D eigenvalue weighted by Gasteiger charge is -2.41. The van der Waals surface area contributed by atoms with Crippen LogP contribution in [0.4, 0.5) is 5.69 Å². The van der Waals surface area contributed by atoms with Gasteiger partial charge in [0, 0.05) is 51.1 Å². The fourth-order valence-corrected chi connectivity index (χ4v) is 4.33. The normalized spacial score (nSPS) is 23.4. The van der Waals surface area contributed by atoms with Gasteiger partial charge in [-0.1, -0.05) is 32.9 Å². The molecule has 1 heterocycles. The van der Waals surface area contributed by atoms with E-state index in [9.17, 15) is 0 Å². The van der Waals surface area contributed by atoms with Crippen LogP contribution in [0.1, 0.15) is 52.0 Å². The van der Waals surface area contributed by atoms with E-state index < -0.39 is 0 Å². The predicted octanol–water partition coefficient (Wildman–Crippen LogP) is 4.24. The van der Waals surface area contributed by atoms with Crippen LogP contribution in [0.5, 0.6) is 0 Å². The highest BCUT2D eigenvalue weighted by Gasteiger charge is 2.32. The van der Waals surface area contributed by atoms with Crippen LogP contribution in [-0.2, 0) is 11.3 Å². The zero-order valence-corrected chi connectivity index (χ0v) is 18.6. The van der Waals surface area contributed by atoms with Gasteiger partial charge in [-0.2, -0.15) is 0 Å². The largest absolute Gasteiger partial charge is 0.378 e. The highest BCUT2D eigenvalue weighted by atomic mass is 16.5. The van der Waals surface area contributed by atoms with E-state index in [2.05, 4.69) is 66.8 Å². The molecule has 1 saturated heterocycles. The first-order valence-corrected chi connectivity index (χ1v) is 11.4. The maximum absolute atomic E-state index is 6.02. The molecule has 0 spiro atoms. The van der Waals surface area contributed by atoms with Crippen molar-refractivity contribution < 1.29 is 4.74 Å². The van der Waals surface area contributed by atoms with Crippen LogP contribution >= 0.6 is 0 Å². The number of hydrogen-bond donors (Lipinski definition) is 0. The van der Waals surface area contributed by atoms with Crippen molar-refractivity contribution >= 4 is 5.69 Å². The second kappa shape index (κ2) is 10.6. The zero-order chi connectivity index (χ0) is 19.9. The summed E-state index contributed by atoms with van der Waals surface area (Å²) in [4.78, 5) is 7.55. The Morgan fingerprint density at radius 1 is 1.07 bits per heavy atom. The van der Waals surface area contributed by atoms with Crippen LogP contribution in [0.25, 0.3) is 0 Å². The molecule has 2 fully saturated rings. The Bertz CT molecular complexity index is 560. The Balaban J connectivity index is 1.35. The third-order valence-electron chi connectivity index (χ3n) is 6.53. The van der Waals surface area contributed by atoms with E-state index >= 15 is 0 Å². The molecule has 0 aromatic heterocycles. The number of nitrogens with zero attached hydrogens (tertiary/aromatic N) is 3. The fourth-order valence-electron chi connectivity index (χ4n) is 4.33. The average molecular weight is 388 g/mol. The molecule has 1 aliphatic heterocycles. The lowest BCUT2D eigenvalue weighted by molar-refractivity contribution is -0.0483. The summed E-state index contributed by atoms with van der Waals surface area (Å²) in [5.41, 5.74) is 2.79. The zero-order valence-electron chi connectivity index (χ0n) is 18.6. The van der Waals surface area contributed by atoms with E-state index in [1.165, 1.54) is 56.6 Å². The Morgan fingerprint density at radius 3 is 2.36 bits per heavy atom. The van der Waals surface area contributed by atoms with Crippen molar-refractivity contribution in [1.29, 1.82) is 0 Å². The molecular formula is C24H41N3O. The molecule has 1 aliphatic carbocycles. The highest BCUT2D eigenvalue weighted by Crippen LogP contribution is 2.29. The van der Waals surface area contributed by atoms with Gasteiger partial charge in [-0.05, 0) is 62.9 Å². The molecule has 3 rings (SSSR count). The van der Waals surface area contributed by atoms with Crippen LogP contribution in [0, 0.1) is 5.92 Å². The molecule has 0 radical (unpaired) electrons. The van der Waals surface area contributed by atoms with E-state index in [4.69, 9.17) is 4.74 Å². The fraction of sp³-hybridized carbons (Fsp3) is 0.750. The lowest BCUT2D eigenvalue weighted by Crippen LogP contribution is -2.46. The molecule has 2 aliphatic rings. The average Bonchev–Trinajstić information content (AvgIpc) is 2.66. The maximum atomic E-state index is 6.02. The standard InChI is InChI=1S/C24H41N3O/c1-5-26-12-14-27(15-13-26)22-10-8-21(9-11-22)19-25(4)23-17-24(18-23)28-16-6-7-20(2)3/h8-11,20,23-24H,5-7,12-19H2,1-4H3/t23-,24-. The number of piperazine rings is 1. The number of rotatable bonds is 10. The third kappa shape index (κ3) is 6.20. The minimum Gasteiger partial charge on any atom is -0.378 e. The van der Waals surface area contributed by atoms with Crippen molar-refractivity contribution in [3.05, 3.63) is 29.8 Å². The van der Waals surface area contributed by atoms with Gasteiger partial charge in [-0.15, -0.1) is 0 Å². The summed E-state index contributed by atoms with van der Waals surface area (Å²) in [6.45, 7) is 14.6. The summed E-state index contributed by atoms with van der Waals surface area (Å²) < 4.78 is 6.02. The van der Waals surface area contributed by atoms with Crippen LogP contribution in [0.2, 0.25) is 0 Å². The molecule has 158 valence electrons. The Morgan fingerprint density at radius 2 is 1.75 bits per heavy atom. The molecule has 28 heavy (non-hydrogen) atoms. The number of anilines is 1. The second-order valence-corrected chi connectivity index (χ2v) is 9.16.